The molecule has 0 aliphatic rings. The minimum atomic E-state index is 0.0682. The molecule has 1 aromatic rings. The largest absolute Gasteiger partial charge is 0.385 e. The maximum absolute atomic E-state index is 11.2. The van der Waals surface area contributed by atoms with Gasteiger partial charge in [-0.1, -0.05) is 0 Å². The Bertz CT molecular complexity index is 272. The van der Waals surface area contributed by atoms with Gasteiger partial charge in [0.1, 0.15) is 5.82 Å². The van der Waals surface area contributed by atoms with Gasteiger partial charge in [0.25, 0.3) is 0 Å². The molecule has 5 nitrogen and oxygen atoms in total. The lowest BCUT2D eigenvalue weighted by Gasteiger charge is -2.03. The number of aromatic nitrogens is 2. The molecule has 0 aliphatic heterocycles. The number of rotatable bonds is 7. The highest BCUT2D eigenvalue weighted by molar-refractivity contribution is 5.75. The number of nitrogens with one attached hydrogen (secondary N) is 2. The number of carbonyl (C=O) groups is 1. The van der Waals surface area contributed by atoms with Gasteiger partial charge in [0.15, 0.2) is 0 Å². The molecule has 0 bridgehead atoms. The molecule has 1 rings (SSSR count). The van der Waals surface area contributed by atoms with Crippen LogP contribution < -0.4 is 5.32 Å². The molecule has 15 heavy (non-hydrogen) atoms. The highest BCUT2D eigenvalue weighted by Crippen LogP contribution is 1.91. The number of amides is 1. The van der Waals surface area contributed by atoms with E-state index in [1.165, 1.54) is 0 Å². The molecular formula is C10H17N3O2. The Morgan fingerprint density at radius 3 is 3.20 bits per heavy atom. The number of methoxy groups -OCH3 is 1. The molecular weight excluding hydrogens is 194 g/mol. The number of imidazole rings is 1. The minimum Gasteiger partial charge on any atom is -0.385 e. The molecule has 0 aromatic carbocycles. The number of nitrogens with zero attached hydrogens (tertiary/aromatic N) is 1. The van der Waals surface area contributed by atoms with Gasteiger partial charge in [-0.3, -0.25) is 4.79 Å². The average Bonchev–Trinajstić information content (AvgIpc) is 2.71. The molecule has 0 atom stereocenters. The lowest BCUT2D eigenvalue weighted by molar-refractivity contribution is -0.121. The smallest absolute Gasteiger partial charge is 0.220 e. The second-order valence-corrected chi connectivity index (χ2v) is 3.23. The Balaban J connectivity index is 2.02. The van der Waals surface area contributed by atoms with E-state index in [2.05, 4.69) is 15.3 Å². The summed E-state index contributed by atoms with van der Waals surface area (Å²) in [5.41, 5.74) is 0. The van der Waals surface area contributed by atoms with Gasteiger partial charge in [-0.25, -0.2) is 4.98 Å². The summed E-state index contributed by atoms with van der Waals surface area (Å²) < 4.78 is 4.86. The summed E-state index contributed by atoms with van der Waals surface area (Å²) in [7, 11) is 1.63. The van der Waals surface area contributed by atoms with Crippen molar-refractivity contribution in [3.63, 3.8) is 0 Å². The zero-order valence-corrected chi connectivity index (χ0v) is 8.95. The van der Waals surface area contributed by atoms with Crippen LogP contribution in [0.25, 0.3) is 0 Å². The fourth-order valence-electron chi connectivity index (χ4n) is 1.22. The number of hydrogen-bond acceptors (Lipinski definition) is 3. The summed E-state index contributed by atoms with van der Waals surface area (Å²) in [4.78, 5) is 18.3. The minimum absolute atomic E-state index is 0.0682. The molecule has 0 saturated heterocycles. The van der Waals surface area contributed by atoms with Crippen molar-refractivity contribution in [1.29, 1.82) is 0 Å². The summed E-state index contributed by atoms with van der Waals surface area (Å²) in [6.07, 6.45) is 5.50. The van der Waals surface area contributed by atoms with Gasteiger partial charge >= 0.3 is 0 Å². The molecule has 0 fully saturated rings. The number of hydrogen-bond donors (Lipinski definition) is 2. The van der Waals surface area contributed by atoms with E-state index in [-0.39, 0.29) is 5.91 Å². The van der Waals surface area contributed by atoms with Crippen LogP contribution in [0.4, 0.5) is 0 Å². The molecule has 1 aromatic heterocycles. The van der Waals surface area contributed by atoms with Crippen molar-refractivity contribution in [2.75, 3.05) is 20.3 Å². The van der Waals surface area contributed by atoms with Crippen LogP contribution in [0.1, 0.15) is 18.7 Å². The van der Waals surface area contributed by atoms with Crippen molar-refractivity contribution in [1.82, 2.24) is 15.3 Å². The van der Waals surface area contributed by atoms with Crippen LogP contribution in [0, 0.1) is 0 Å². The van der Waals surface area contributed by atoms with E-state index in [1.54, 1.807) is 19.5 Å². The summed E-state index contributed by atoms with van der Waals surface area (Å²) in [5.74, 6) is 0.964. The van der Waals surface area contributed by atoms with Gasteiger partial charge in [0, 0.05) is 45.5 Å². The standard InChI is InChI=1S/C10H17N3O2/c1-15-8-2-3-10(14)13-5-4-9-11-6-7-12-9/h6-7H,2-5,8H2,1H3,(H,11,12)(H,13,14). The Kier molecular flexibility index (Phi) is 5.47. The van der Waals surface area contributed by atoms with Crippen LogP contribution in [-0.2, 0) is 16.0 Å². The van der Waals surface area contributed by atoms with Crippen molar-refractivity contribution >= 4 is 5.91 Å². The Morgan fingerprint density at radius 2 is 2.53 bits per heavy atom. The fraction of sp³-hybridized carbons (Fsp3) is 0.600. The van der Waals surface area contributed by atoms with Crippen molar-refractivity contribution in [3.8, 4) is 0 Å². The zero-order chi connectivity index (χ0) is 10.9. The first-order chi connectivity index (χ1) is 7.33. The maximum Gasteiger partial charge on any atom is 0.220 e. The first-order valence-electron chi connectivity index (χ1n) is 5.07. The van der Waals surface area contributed by atoms with Crippen molar-refractivity contribution < 1.29 is 9.53 Å². The molecule has 0 unspecified atom stereocenters. The van der Waals surface area contributed by atoms with Gasteiger partial charge in [-0.2, -0.15) is 0 Å². The number of aromatic amines is 1. The summed E-state index contributed by atoms with van der Waals surface area (Å²) in [6.45, 7) is 1.25. The van der Waals surface area contributed by atoms with Crippen LogP contribution in [0.15, 0.2) is 12.4 Å². The average molecular weight is 211 g/mol. The third kappa shape index (κ3) is 5.17. The second-order valence-electron chi connectivity index (χ2n) is 3.23. The van der Waals surface area contributed by atoms with Crippen molar-refractivity contribution in [2.45, 2.75) is 19.3 Å². The fourth-order valence-corrected chi connectivity index (χ4v) is 1.22. The van der Waals surface area contributed by atoms with Crippen LogP contribution in [0.2, 0.25) is 0 Å². The maximum atomic E-state index is 11.2. The van der Waals surface area contributed by atoms with E-state index < -0.39 is 0 Å². The lowest BCUT2D eigenvalue weighted by atomic mass is 10.3. The molecule has 5 heteroatoms. The third-order valence-electron chi connectivity index (χ3n) is 1.99. The monoisotopic (exact) mass is 211 g/mol. The number of H-pyrrole nitrogens is 1. The predicted octanol–water partition coefficient (Wildman–Crippen LogP) is 0.495. The Hall–Kier alpha value is -1.36. The van der Waals surface area contributed by atoms with Gasteiger partial charge in [-0.05, 0) is 6.42 Å². The Morgan fingerprint density at radius 1 is 1.67 bits per heavy atom. The van der Waals surface area contributed by atoms with Gasteiger partial charge < -0.3 is 15.0 Å². The van der Waals surface area contributed by atoms with E-state index in [0.717, 1.165) is 18.7 Å². The molecule has 1 heterocycles. The summed E-state index contributed by atoms with van der Waals surface area (Å²) >= 11 is 0. The highest BCUT2D eigenvalue weighted by atomic mass is 16.5. The van der Waals surface area contributed by atoms with Crippen LogP contribution in [0.3, 0.4) is 0 Å². The van der Waals surface area contributed by atoms with E-state index >= 15 is 0 Å². The molecule has 0 aliphatic carbocycles. The van der Waals surface area contributed by atoms with Gasteiger partial charge in [-0.15, -0.1) is 0 Å². The summed E-state index contributed by atoms with van der Waals surface area (Å²) in [5, 5.41) is 2.83. The molecule has 0 radical (unpaired) electrons. The van der Waals surface area contributed by atoms with Crippen LogP contribution >= 0.6 is 0 Å². The molecule has 84 valence electrons. The van der Waals surface area contributed by atoms with Crippen LogP contribution in [0.5, 0.6) is 0 Å². The molecule has 0 saturated carbocycles. The van der Waals surface area contributed by atoms with Gasteiger partial charge in [0.2, 0.25) is 5.91 Å². The topological polar surface area (TPSA) is 67.0 Å². The first-order valence-corrected chi connectivity index (χ1v) is 5.07. The zero-order valence-electron chi connectivity index (χ0n) is 8.95. The van der Waals surface area contributed by atoms with Crippen molar-refractivity contribution in [2.24, 2.45) is 0 Å². The highest BCUT2D eigenvalue weighted by Gasteiger charge is 2.00. The normalized spacial score (nSPS) is 10.2. The number of carbonyl (C=O) groups excluding carboxylic acids is 1. The first kappa shape index (κ1) is 11.7. The van der Waals surface area contributed by atoms with Crippen molar-refractivity contribution in [3.05, 3.63) is 18.2 Å². The molecule has 0 spiro atoms. The second kappa shape index (κ2) is 7.00. The quantitative estimate of drug-likeness (QED) is 0.645. The predicted molar refractivity (Wildman–Crippen MR) is 56.4 cm³/mol. The van der Waals surface area contributed by atoms with E-state index in [4.69, 9.17) is 4.74 Å². The summed E-state index contributed by atoms with van der Waals surface area (Å²) in [6, 6.07) is 0. The van der Waals surface area contributed by atoms with E-state index in [1.807, 2.05) is 0 Å². The lowest BCUT2D eigenvalue weighted by Crippen LogP contribution is -2.25. The van der Waals surface area contributed by atoms with E-state index in [0.29, 0.717) is 19.6 Å². The third-order valence-corrected chi connectivity index (χ3v) is 1.99. The van der Waals surface area contributed by atoms with Gasteiger partial charge in [0.05, 0.1) is 0 Å². The Labute approximate surface area is 89.2 Å². The molecule has 2 N–H and O–H groups in total. The number of ether oxygens (including phenoxy) is 1. The SMILES string of the molecule is COCCCC(=O)NCCc1ncc[nH]1. The van der Waals surface area contributed by atoms with Crippen LogP contribution in [-0.4, -0.2) is 36.1 Å². The van der Waals surface area contributed by atoms with E-state index in [9.17, 15) is 4.79 Å². The molecule has 1 amide bonds.